The Morgan fingerprint density at radius 2 is 1.92 bits per heavy atom. The predicted octanol–water partition coefficient (Wildman–Crippen LogP) is 4.88. The van der Waals surface area contributed by atoms with Crippen LogP contribution in [0.25, 0.3) is 10.8 Å². The van der Waals surface area contributed by atoms with Crippen LogP contribution in [-0.2, 0) is 4.79 Å². The van der Waals surface area contributed by atoms with Crippen LogP contribution >= 0.6 is 11.6 Å². The van der Waals surface area contributed by atoms with Gasteiger partial charge in [-0.05, 0) is 34.0 Å². The summed E-state index contributed by atoms with van der Waals surface area (Å²) in [4.78, 5) is 22.9. The van der Waals surface area contributed by atoms with Crippen molar-refractivity contribution in [3.63, 3.8) is 0 Å². The summed E-state index contributed by atoms with van der Waals surface area (Å²) in [6.07, 6.45) is 0.196. The highest BCUT2D eigenvalue weighted by molar-refractivity contribution is 6.31. The molecule has 0 radical (unpaired) electrons. The van der Waals surface area contributed by atoms with Crippen LogP contribution in [0.2, 0.25) is 5.02 Å². The molecule has 0 bridgehead atoms. The SMILES string of the molecule is O=C1C[C@@H](c2cc([N+](=O)[O-])ccc2Cl)c2c(ccc3ccccc23)N1. The van der Waals surface area contributed by atoms with Crippen LogP contribution in [0.4, 0.5) is 11.4 Å². The van der Waals surface area contributed by atoms with E-state index in [-0.39, 0.29) is 23.9 Å². The minimum atomic E-state index is -0.452. The van der Waals surface area contributed by atoms with Crippen LogP contribution < -0.4 is 5.32 Å². The quantitative estimate of drug-likeness (QED) is 0.528. The predicted molar refractivity (Wildman–Crippen MR) is 97.1 cm³/mol. The Morgan fingerprint density at radius 1 is 1.12 bits per heavy atom. The molecule has 6 heteroatoms. The van der Waals surface area contributed by atoms with E-state index in [9.17, 15) is 14.9 Å². The maximum atomic E-state index is 12.2. The molecule has 0 saturated carbocycles. The molecule has 3 aromatic rings. The molecule has 124 valence electrons. The second kappa shape index (κ2) is 5.86. The Kier molecular flexibility index (Phi) is 3.66. The topological polar surface area (TPSA) is 72.2 Å². The van der Waals surface area contributed by atoms with Gasteiger partial charge in [0.15, 0.2) is 0 Å². The molecule has 4 rings (SSSR count). The standard InChI is InChI=1S/C19H13ClN2O3/c20-16-7-6-12(22(24)25)9-14(16)15-10-18(23)21-17-8-5-11-3-1-2-4-13(11)19(15)17/h1-9,15H,10H2,(H,21,23)/t15-/m0/s1. The molecule has 0 spiro atoms. The van der Waals surface area contributed by atoms with E-state index < -0.39 is 4.92 Å². The van der Waals surface area contributed by atoms with Crippen LogP contribution in [0, 0.1) is 10.1 Å². The molecule has 1 aliphatic rings. The lowest BCUT2D eigenvalue weighted by atomic mass is 9.82. The molecule has 0 fully saturated rings. The Balaban J connectivity index is 1.99. The van der Waals surface area contributed by atoms with Gasteiger partial charge in [0.2, 0.25) is 5.91 Å². The van der Waals surface area contributed by atoms with Gasteiger partial charge in [-0.15, -0.1) is 0 Å². The number of hydrogen-bond donors (Lipinski definition) is 1. The van der Waals surface area contributed by atoms with Crippen LogP contribution in [0.15, 0.2) is 54.6 Å². The first-order valence-electron chi connectivity index (χ1n) is 7.80. The lowest BCUT2D eigenvalue weighted by Crippen LogP contribution is -2.24. The van der Waals surface area contributed by atoms with Crippen molar-refractivity contribution in [2.24, 2.45) is 0 Å². The molecule has 0 aliphatic carbocycles. The lowest BCUT2D eigenvalue weighted by molar-refractivity contribution is -0.384. The third-order valence-corrected chi connectivity index (χ3v) is 4.89. The molecule has 1 aliphatic heterocycles. The van der Waals surface area contributed by atoms with E-state index >= 15 is 0 Å². The van der Waals surface area contributed by atoms with Crippen molar-refractivity contribution in [2.45, 2.75) is 12.3 Å². The van der Waals surface area contributed by atoms with Gasteiger partial charge < -0.3 is 5.32 Å². The van der Waals surface area contributed by atoms with Crippen LogP contribution in [0.3, 0.4) is 0 Å². The zero-order valence-corrected chi connectivity index (χ0v) is 13.8. The van der Waals surface area contributed by atoms with Crippen LogP contribution in [0.1, 0.15) is 23.5 Å². The second-order valence-corrected chi connectivity index (χ2v) is 6.42. The summed E-state index contributed by atoms with van der Waals surface area (Å²) in [6.45, 7) is 0. The normalized spacial score (nSPS) is 16.4. The van der Waals surface area contributed by atoms with Crippen LogP contribution in [0.5, 0.6) is 0 Å². The third-order valence-electron chi connectivity index (χ3n) is 4.55. The van der Waals surface area contributed by atoms with Gasteiger partial charge in [-0.3, -0.25) is 14.9 Å². The summed E-state index contributed by atoms with van der Waals surface area (Å²) in [5.41, 5.74) is 2.23. The largest absolute Gasteiger partial charge is 0.326 e. The first-order valence-corrected chi connectivity index (χ1v) is 8.18. The Labute approximate surface area is 148 Å². The summed E-state index contributed by atoms with van der Waals surface area (Å²) in [6, 6.07) is 16.1. The van der Waals surface area contributed by atoms with Crippen LogP contribution in [-0.4, -0.2) is 10.8 Å². The monoisotopic (exact) mass is 352 g/mol. The van der Waals surface area contributed by atoms with Crippen molar-refractivity contribution in [1.29, 1.82) is 0 Å². The minimum Gasteiger partial charge on any atom is -0.326 e. The number of nitro benzene ring substituents is 1. The number of nitro groups is 1. The molecule has 3 aromatic carbocycles. The summed E-state index contributed by atoms with van der Waals surface area (Å²) in [7, 11) is 0. The Morgan fingerprint density at radius 3 is 2.72 bits per heavy atom. The maximum Gasteiger partial charge on any atom is 0.269 e. The highest BCUT2D eigenvalue weighted by Crippen LogP contribution is 2.44. The van der Waals surface area contributed by atoms with Gasteiger partial charge in [0.25, 0.3) is 5.69 Å². The number of non-ortho nitro benzene ring substituents is 1. The summed E-state index contributed by atoms with van der Waals surface area (Å²) in [5, 5.41) is 16.5. The number of anilines is 1. The van der Waals surface area contributed by atoms with Gasteiger partial charge in [-0.1, -0.05) is 41.9 Å². The van der Waals surface area contributed by atoms with E-state index in [4.69, 9.17) is 11.6 Å². The molecular formula is C19H13ClN2O3. The number of halogens is 1. The smallest absolute Gasteiger partial charge is 0.269 e. The van der Waals surface area contributed by atoms with Crippen molar-refractivity contribution in [3.05, 3.63) is 80.9 Å². The third kappa shape index (κ3) is 2.62. The fourth-order valence-corrected chi connectivity index (χ4v) is 3.70. The first kappa shape index (κ1) is 15.6. The van der Waals surface area contributed by atoms with Crippen molar-refractivity contribution in [3.8, 4) is 0 Å². The number of benzene rings is 3. The van der Waals surface area contributed by atoms with Crippen molar-refractivity contribution in [2.75, 3.05) is 5.32 Å². The Bertz CT molecular complexity index is 1030. The lowest BCUT2D eigenvalue weighted by Gasteiger charge is -2.28. The highest BCUT2D eigenvalue weighted by Gasteiger charge is 2.30. The highest BCUT2D eigenvalue weighted by atomic mass is 35.5. The number of carbonyl (C=O) groups is 1. The van der Waals surface area contributed by atoms with E-state index in [1.165, 1.54) is 18.2 Å². The molecule has 1 amide bonds. The van der Waals surface area contributed by atoms with Gasteiger partial charge in [0.1, 0.15) is 0 Å². The zero-order chi connectivity index (χ0) is 17.6. The summed E-state index contributed by atoms with van der Waals surface area (Å²) < 4.78 is 0. The van der Waals surface area contributed by atoms with Gasteiger partial charge >= 0.3 is 0 Å². The zero-order valence-electron chi connectivity index (χ0n) is 13.0. The maximum absolute atomic E-state index is 12.2. The second-order valence-electron chi connectivity index (χ2n) is 6.02. The van der Waals surface area contributed by atoms with E-state index in [2.05, 4.69) is 5.32 Å². The van der Waals surface area contributed by atoms with E-state index in [1.807, 2.05) is 36.4 Å². The molecule has 1 atom stereocenters. The average Bonchev–Trinajstić information content (AvgIpc) is 2.60. The molecule has 0 aromatic heterocycles. The van der Waals surface area contributed by atoms with E-state index in [1.54, 1.807) is 0 Å². The fourth-order valence-electron chi connectivity index (χ4n) is 3.45. The van der Waals surface area contributed by atoms with Gasteiger partial charge in [0, 0.05) is 35.2 Å². The molecule has 1 N–H and O–H groups in total. The van der Waals surface area contributed by atoms with Crippen molar-refractivity contribution < 1.29 is 9.72 Å². The van der Waals surface area contributed by atoms with Crippen molar-refractivity contribution >= 4 is 39.7 Å². The average molecular weight is 353 g/mol. The molecular weight excluding hydrogens is 340 g/mol. The number of carbonyl (C=O) groups excluding carboxylic acids is 1. The molecule has 0 saturated heterocycles. The Hall–Kier alpha value is -2.92. The first-order chi connectivity index (χ1) is 12.0. The van der Waals surface area contributed by atoms with Gasteiger partial charge in [-0.25, -0.2) is 0 Å². The number of fused-ring (bicyclic) bond motifs is 3. The minimum absolute atomic E-state index is 0.0350. The number of amides is 1. The molecule has 1 heterocycles. The van der Waals surface area contributed by atoms with E-state index in [0.717, 1.165) is 22.0 Å². The van der Waals surface area contributed by atoms with Crippen molar-refractivity contribution in [1.82, 2.24) is 0 Å². The number of rotatable bonds is 2. The number of hydrogen-bond acceptors (Lipinski definition) is 3. The number of nitrogens with zero attached hydrogens (tertiary/aromatic N) is 1. The van der Waals surface area contributed by atoms with E-state index in [0.29, 0.717) is 10.6 Å². The molecule has 0 unspecified atom stereocenters. The van der Waals surface area contributed by atoms with Gasteiger partial charge in [0.05, 0.1) is 4.92 Å². The summed E-state index contributed by atoms with van der Waals surface area (Å²) >= 11 is 6.35. The number of nitrogens with one attached hydrogen (secondary N) is 1. The molecule has 25 heavy (non-hydrogen) atoms. The molecule has 5 nitrogen and oxygen atoms in total. The summed E-state index contributed by atoms with van der Waals surface area (Å²) in [5.74, 6) is -0.461. The fraction of sp³-hybridized carbons (Fsp3) is 0.105. The van der Waals surface area contributed by atoms with Gasteiger partial charge in [-0.2, -0.15) is 0 Å².